The fourth-order valence-electron chi connectivity index (χ4n) is 2.50. The van der Waals surface area contributed by atoms with Crippen LogP contribution in [0.2, 0.25) is 0 Å². The highest BCUT2D eigenvalue weighted by atomic mass is 16.3. The minimum absolute atomic E-state index is 0.000965. The molecule has 2 amide bonds. The summed E-state index contributed by atoms with van der Waals surface area (Å²) in [5, 5.41) is 25.8. The van der Waals surface area contributed by atoms with Crippen molar-refractivity contribution < 1.29 is 19.8 Å². The van der Waals surface area contributed by atoms with Gasteiger partial charge in [-0.2, -0.15) is 5.10 Å². The summed E-state index contributed by atoms with van der Waals surface area (Å²) >= 11 is 0. The molecule has 0 bridgehead atoms. The maximum Gasteiger partial charge on any atom is 0.277 e. The summed E-state index contributed by atoms with van der Waals surface area (Å²) in [6.45, 7) is 0.117. The van der Waals surface area contributed by atoms with Gasteiger partial charge in [-0.05, 0) is 18.2 Å². The number of rotatable bonds is 6. The maximum absolute atomic E-state index is 12.1. The van der Waals surface area contributed by atoms with E-state index in [1.54, 1.807) is 16.9 Å². The predicted octanol–water partition coefficient (Wildman–Crippen LogP) is -0.315. The third kappa shape index (κ3) is 2.81. The van der Waals surface area contributed by atoms with Crippen LogP contribution in [-0.4, -0.2) is 56.5 Å². The number of anilines is 1. The third-order valence-electron chi connectivity index (χ3n) is 3.57. The zero-order chi connectivity index (χ0) is 16.4. The molecule has 3 rings (SSSR count). The highest BCUT2D eigenvalue weighted by Crippen LogP contribution is 2.22. The number of fused-ring (bicyclic) bond motifs is 1. The fraction of sp³-hybridized carbons (Fsp3) is 0.267. The van der Waals surface area contributed by atoms with Gasteiger partial charge in [-0.1, -0.05) is 0 Å². The number of β-amino-alcohol motifs (C(OH)–C–C–N with tert-alkyl or cyclic N) is 1. The number of aliphatic hydroxyl groups is 2. The second-order valence-electron chi connectivity index (χ2n) is 5.07. The van der Waals surface area contributed by atoms with Gasteiger partial charge in [0.2, 0.25) is 0 Å². The van der Waals surface area contributed by atoms with Crippen molar-refractivity contribution in [1.82, 2.24) is 14.7 Å². The second kappa shape index (κ2) is 6.19. The minimum Gasteiger partial charge on any atom is -0.395 e. The number of aromatic nitrogens is 2. The van der Waals surface area contributed by atoms with Crippen LogP contribution >= 0.6 is 0 Å². The Hall–Kier alpha value is -2.71. The van der Waals surface area contributed by atoms with E-state index in [4.69, 9.17) is 10.2 Å². The summed E-state index contributed by atoms with van der Waals surface area (Å²) in [6.07, 6.45) is 2.89. The monoisotopic (exact) mass is 316 g/mol. The molecule has 3 N–H and O–H groups in total. The van der Waals surface area contributed by atoms with Gasteiger partial charge < -0.3 is 15.5 Å². The first-order valence-corrected chi connectivity index (χ1v) is 7.16. The van der Waals surface area contributed by atoms with E-state index >= 15 is 0 Å². The largest absolute Gasteiger partial charge is 0.395 e. The molecule has 8 nitrogen and oxygen atoms in total. The molecular formula is C15H16N4O4. The van der Waals surface area contributed by atoms with Crippen molar-refractivity contribution in [3.8, 4) is 0 Å². The lowest BCUT2D eigenvalue weighted by molar-refractivity contribution is -0.137. The van der Waals surface area contributed by atoms with Crippen LogP contribution in [0.25, 0.3) is 10.9 Å². The summed E-state index contributed by atoms with van der Waals surface area (Å²) in [6, 6.07) is 5.41. The number of hydrogen-bond acceptors (Lipinski definition) is 6. The van der Waals surface area contributed by atoms with Gasteiger partial charge in [0.25, 0.3) is 11.8 Å². The number of amides is 2. The lowest BCUT2D eigenvalue weighted by atomic mass is 10.2. The van der Waals surface area contributed by atoms with Crippen LogP contribution in [-0.2, 0) is 16.1 Å². The van der Waals surface area contributed by atoms with E-state index in [1.165, 1.54) is 6.08 Å². The molecule has 120 valence electrons. The summed E-state index contributed by atoms with van der Waals surface area (Å²) in [5.74, 6) is -0.900. The van der Waals surface area contributed by atoms with Crippen molar-refractivity contribution in [2.45, 2.75) is 6.54 Å². The molecule has 0 radical (unpaired) electrons. The van der Waals surface area contributed by atoms with Crippen molar-refractivity contribution in [3.05, 3.63) is 36.2 Å². The van der Waals surface area contributed by atoms with Crippen LogP contribution in [0.5, 0.6) is 0 Å². The minimum atomic E-state index is -0.458. The van der Waals surface area contributed by atoms with Gasteiger partial charge in [-0.3, -0.25) is 19.2 Å². The van der Waals surface area contributed by atoms with Crippen LogP contribution in [0, 0.1) is 0 Å². The molecule has 2 heterocycles. The molecule has 0 atom stereocenters. The van der Waals surface area contributed by atoms with E-state index in [-0.39, 0.29) is 25.5 Å². The fourth-order valence-corrected chi connectivity index (χ4v) is 2.50. The van der Waals surface area contributed by atoms with Crippen molar-refractivity contribution in [2.24, 2.45) is 0 Å². The molecule has 8 heteroatoms. The van der Waals surface area contributed by atoms with Gasteiger partial charge in [0, 0.05) is 17.1 Å². The van der Waals surface area contributed by atoms with Crippen LogP contribution < -0.4 is 5.32 Å². The van der Waals surface area contributed by atoms with Crippen LogP contribution in [0.1, 0.15) is 0 Å². The average molecular weight is 316 g/mol. The second-order valence-corrected chi connectivity index (χ2v) is 5.07. The molecule has 0 unspecified atom stereocenters. The number of nitrogens with zero attached hydrogens (tertiary/aromatic N) is 3. The average Bonchev–Trinajstić information content (AvgIpc) is 3.04. The molecule has 2 aromatic rings. The lowest BCUT2D eigenvalue weighted by Gasteiger charge is -2.13. The number of nitrogens with one attached hydrogen (secondary N) is 1. The van der Waals surface area contributed by atoms with Crippen molar-refractivity contribution in [3.63, 3.8) is 0 Å². The Bertz CT molecular complexity index is 796. The summed E-state index contributed by atoms with van der Waals surface area (Å²) in [5.41, 5.74) is 1.69. The Morgan fingerprint density at radius 1 is 1.13 bits per heavy atom. The number of imide groups is 1. The molecule has 0 fully saturated rings. The third-order valence-corrected chi connectivity index (χ3v) is 3.57. The topological polar surface area (TPSA) is 108 Å². The Balaban J connectivity index is 1.81. The molecule has 1 aliphatic heterocycles. The molecule has 0 saturated heterocycles. The van der Waals surface area contributed by atoms with Gasteiger partial charge in [-0.25, -0.2) is 0 Å². The number of carbonyl (C=O) groups excluding carboxylic acids is 2. The summed E-state index contributed by atoms with van der Waals surface area (Å²) in [7, 11) is 0. The predicted molar refractivity (Wildman–Crippen MR) is 82.3 cm³/mol. The first-order chi connectivity index (χ1) is 11.1. The van der Waals surface area contributed by atoms with Crippen molar-refractivity contribution in [1.29, 1.82) is 0 Å². The molecule has 1 aromatic carbocycles. The van der Waals surface area contributed by atoms with Crippen molar-refractivity contribution >= 4 is 28.4 Å². The van der Waals surface area contributed by atoms with Crippen LogP contribution in [0.3, 0.4) is 0 Å². The molecule has 23 heavy (non-hydrogen) atoms. The number of carbonyl (C=O) groups is 2. The quantitative estimate of drug-likeness (QED) is 0.631. The summed E-state index contributed by atoms with van der Waals surface area (Å²) < 4.78 is 1.69. The van der Waals surface area contributed by atoms with Gasteiger partial charge in [0.05, 0.1) is 38.0 Å². The number of aliphatic hydroxyl groups excluding tert-OH is 2. The van der Waals surface area contributed by atoms with E-state index in [1.807, 2.05) is 12.1 Å². The Morgan fingerprint density at radius 3 is 2.65 bits per heavy atom. The lowest BCUT2D eigenvalue weighted by Crippen LogP contribution is -2.34. The van der Waals surface area contributed by atoms with E-state index in [9.17, 15) is 9.59 Å². The van der Waals surface area contributed by atoms with E-state index < -0.39 is 11.8 Å². The molecule has 1 aromatic heterocycles. The van der Waals surface area contributed by atoms with Crippen LogP contribution in [0.15, 0.2) is 36.2 Å². The van der Waals surface area contributed by atoms with E-state index in [2.05, 4.69) is 10.4 Å². The highest BCUT2D eigenvalue weighted by molar-refractivity contribution is 6.17. The molecule has 1 aliphatic rings. The maximum atomic E-state index is 12.1. The van der Waals surface area contributed by atoms with E-state index in [0.717, 1.165) is 15.8 Å². The number of benzene rings is 1. The molecule has 0 saturated carbocycles. The molecular weight excluding hydrogens is 300 g/mol. The Labute approximate surface area is 131 Å². The highest BCUT2D eigenvalue weighted by Gasteiger charge is 2.30. The zero-order valence-electron chi connectivity index (χ0n) is 12.3. The smallest absolute Gasteiger partial charge is 0.277 e. The van der Waals surface area contributed by atoms with Gasteiger partial charge in [0.1, 0.15) is 5.70 Å². The Morgan fingerprint density at radius 2 is 1.91 bits per heavy atom. The summed E-state index contributed by atoms with van der Waals surface area (Å²) in [4.78, 5) is 24.8. The first-order valence-electron chi connectivity index (χ1n) is 7.16. The number of hydrogen-bond donors (Lipinski definition) is 3. The standard InChI is InChI=1S/C15H16N4O4/c20-5-3-18-14(22)8-12(15(18)23)17-11-1-2-13-10(7-11)9-16-19(13)4-6-21/h1-2,7-9,17,20-21H,3-6H2. The van der Waals surface area contributed by atoms with Crippen molar-refractivity contribution in [2.75, 3.05) is 25.1 Å². The van der Waals surface area contributed by atoms with Gasteiger partial charge >= 0.3 is 0 Å². The normalized spacial score (nSPS) is 14.7. The molecule has 0 spiro atoms. The molecule has 0 aliphatic carbocycles. The first kappa shape index (κ1) is 15.2. The van der Waals surface area contributed by atoms with E-state index in [0.29, 0.717) is 12.2 Å². The Kier molecular flexibility index (Phi) is 4.09. The zero-order valence-corrected chi connectivity index (χ0v) is 12.3. The van der Waals surface area contributed by atoms with Gasteiger partial charge in [-0.15, -0.1) is 0 Å². The SMILES string of the molecule is O=C1C=C(Nc2ccc3c(cnn3CCO)c2)C(=O)N1CCO. The van der Waals surface area contributed by atoms with Crippen LogP contribution in [0.4, 0.5) is 5.69 Å². The van der Waals surface area contributed by atoms with Gasteiger partial charge in [0.15, 0.2) is 0 Å².